The van der Waals surface area contributed by atoms with Gasteiger partial charge in [0.1, 0.15) is 16.9 Å². The number of H-pyrrole nitrogens is 1. The first kappa shape index (κ1) is 17.3. The molecule has 4 rings (SSSR count). The monoisotopic (exact) mass is 431 g/mol. The number of rotatable bonds is 3. The number of furan rings is 1. The molecular weight excluding hydrogens is 418 g/mol. The maximum absolute atomic E-state index is 12.5. The quantitative estimate of drug-likeness (QED) is 0.504. The summed E-state index contributed by atoms with van der Waals surface area (Å²) in [4.78, 5) is 22.0. The molecule has 0 radical (unpaired) electrons. The summed E-state index contributed by atoms with van der Waals surface area (Å²) in [6, 6.07) is 11.3. The Morgan fingerprint density at radius 1 is 1.23 bits per heavy atom. The molecule has 7 heteroatoms. The van der Waals surface area contributed by atoms with E-state index in [1.54, 1.807) is 0 Å². The zero-order chi connectivity index (χ0) is 18.4. The second-order valence-electron chi connectivity index (χ2n) is 6.39. The Morgan fingerprint density at radius 2 is 2.04 bits per heavy atom. The van der Waals surface area contributed by atoms with Gasteiger partial charge in [-0.05, 0) is 50.0 Å². The minimum Gasteiger partial charge on any atom is -0.449 e. The molecule has 2 heterocycles. The number of benzene rings is 2. The number of fused-ring (bicyclic) bond motifs is 3. The van der Waals surface area contributed by atoms with Crippen LogP contribution in [0.4, 0.5) is 0 Å². The van der Waals surface area contributed by atoms with Gasteiger partial charge in [-0.25, -0.2) is 4.98 Å². The number of hydrogen-bond acceptors (Lipinski definition) is 4. The summed E-state index contributed by atoms with van der Waals surface area (Å²) < 4.78 is 6.55. The molecule has 0 aliphatic carbocycles. The van der Waals surface area contributed by atoms with Gasteiger partial charge in [0.15, 0.2) is 0 Å². The molecule has 0 aliphatic heterocycles. The van der Waals surface area contributed by atoms with Crippen molar-refractivity contribution in [3.05, 3.63) is 61.8 Å². The molecule has 0 amide bonds. The van der Waals surface area contributed by atoms with Gasteiger partial charge in [-0.1, -0.05) is 33.6 Å². The van der Waals surface area contributed by atoms with Gasteiger partial charge in [-0.2, -0.15) is 0 Å². The lowest BCUT2D eigenvalue weighted by Crippen LogP contribution is -2.11. The predicted molar refractivity (Wildman–Crippen MR) is 108 cm³/mol. The highest BCUT2D eigenvalue weighted by Gasteiger charge is 2.16. The number of nitrogens with one attached hydrogen (secondary N) is 1. The van der Waals surface area contributed by atoms with E-state index in [0.29, 0.717) is 27.5 Å². The second kappa shape index (κ2) is 6.54. The van der Waals surface area contributed by atoms with Gasteiger partial charge in [-0.15, -0.1) is 0 Å². The van der Waals surface area contributed by atoms with Crippen molar-refractivity contribution in [3.8, 4) is 11.4 Å². The van der Waals surface area contributed by atoms with E-state index >= 15 is 0 Å². The van der Waals surface area contributed by atoms with Crippen molar-refractivity contribution in [3.63, 3.8) is 0 Å². The highest BCUT2D eigenvalue weighted by molar-refractivity contribution is 9.10. The lowest BCUT2D eigenvalue weighted by molar-refractivity contribution is 0.402. The van der Waals surface area contributed by atoms with Crippen LogP contribution in [0.25, 0.3) is 33.5 Å². The average molecular weight is 433 g/mol. The van der Waals surface area contributed by atoms with Crippen molar-refractivity contribution in [1.82, 2.24) is 14.9 Å². The average Bonchev–Trinajstić information content (AvgIpc) is 2.93. The fourth-order valence-corrected chi connectivity index (χ4v) is 3.62. The van der Waals surface area contributed by atoms with Gasteiger partial charge >= 0.3 is 0 Å². The number of aromatic amines is 1. The fraction of sp³-hybridized carbons (Fsp3) is 0.158. The van der Waals surface area contributed by atoms with Gasteiger partial charge in [0, 0.05) is 22.0 Å². The number of nitrogens with zero attached hydrogens (tertiary/aromatic N) is 2. The van der Waals surface area contributed by atoms with Crippen molar-refractivity contribution in [2.24, 2.45) is 0 Å². The van der Waals surface area contributed by atoms with Gasteiger partial charge in [0.05, 0.1) is 5.02 Å². The molecule has 2 aromatic heterocycles. The van der Waals surface area contributed by atoms with Crippen LogP contribution < -0.4 is 5.56 Å². The summed E-state index contributed by atoms with van der Waals surface area (Å²) in [5.74, 6) is 0.423. The Bertz CT molecular complexity index is 1200. The van der Waals surface area contributed by atoms with Crippen LogP contribution in [0.5, 0.6) is 0 Å². The lowest BCUT2D eigenvalue weighted by atomic mass is 10.1. The van der Waals surface area contributed by atoms with E-state index in [1.807, 2.05) is 50.5 Å². The summed E-state index contributed by atoms with van der Waals surface area (Å²) >= 11 is 9.90. The largest absolute Gasteiger partial charge is 0.449 e. The molecule has 0 fully saturated rings. The van der Waals surface area contributed by atoms with Crippen LogP contribution >= 0.6 is 27.5 Å². The molecule has 0 bridgehead atoms. The van der Waals surface area contributed by atoms with Crippen LogP contribution in [0.1, 0.15) is 5.56 Å². The molecule has 2 aromatic carbocycles. The standard InChI is InChI=1S/C19H15BrClN3O2/c1-24(2)9-10-3-5-12(14(21)7-10)18-22-16-13-8-11(20)4-6-15(13)26-17(16)19(25)23-18/h3-8H,9H2,1-2H3,(H,22,23,25). The molecule has 1 N–H and O–H groups in total. The maximum atomic E-state index is 12.5. The van der Waals surface area contributed by atoms with E-state index in [9.17, 15) is 4.79 Å². The van der Waals surface area contributed by atoms with Crippen molar-refractivity contribution in [2.45, 2.75) is 6.54 Å². The van der Waals surface area contributed by atoms with Crippen molar-refractivity contribution < 1.29 is 4.42 Å². The molecule has 0 aliphatic rings. The van der Waals surface area contributed by atoms with Crippen LogP contribution in [0, 0.1) is 0 Å². The van der Waals surface area contributed by atoms with E-state index in [1.165, 1.54) is 0 Å². The summed E-state index contributed by atoms with van der Waals surface area (Å²) in [5.41, 5.74) is 2.79. The summed E-state index contributed by atoms with van der Waals surface area (Å²) in [5, 5.41) is 1.32. The zero-order valence-corrected chi connectivity index (χ0v) is 16.5. The Labute approximate surface area is 162 Å². The Balaban J connectivity index is 1.91. The van der Waals surface area contributed by atoms with E-state index in [0.717, 1.165) is 22.0 Å². The smallest absolute Gasteiger partial charge is 0.294 e. The number of aromatic nitrogens is 2. The molecule has 132 valence electrons. The second-order valence-corrected chi connectivity index (χ2v) is 7.71. The predicted octanol–water partition coefficient (Wildman–Crippen LogP) is 4.81. The third kappa shape index (κ3) is 3.05. The normalized spacial score (nSPS) is 11.7. The first-order valence-electron chi connectivity index (χ1n) is 7.98. The van der Waals surface area contributed by atoms with Crippen molar-refractivity contribution >= 4 is 49.6 Å². The number of halogens is 2. The first-order valence-corrected chi connectivity index (χ1v) is 9.15. The van der Waals surface area contributed by atoms with Gasteiger partial charge in [-0.3, -0.25) is 4.79 Å². The van der Waals surface area contributed by atoms with Gasteiger partial charge in [0.25, 0.3) is 5.56 Å². The van der Waals surface area contributed by atoms with Crippen molar-refractivity contribution in [2.75, 3.05) is 14.1 Å². The van der Waals surface area contributed by atoms with E-state index < -0.39 is 0 Å². The summed E-state index contributed by atoms with van der Waals surface area (Å²) in [6.07, 6.45) is 0. The molecule has 0 unspecified atom stereocenters. The fourth-order valence-electron chi connectivity index (χ4n) is 2.97. The van der Waals surface area contributed by atoms with Crippen molar-refractivity contribution in [1.29, 1.82) is 0 Å². The molecule has 26 heavy (non-hydrogen) atoms. The molecular formula is C19H15BrClN3O2. The SMILES string of the molecule is CN(C)Cc1ccc(-c2nc3c(oc4ccc(Br)cc43)c(=O)[nH]2)c(Cl)c1. The third-order valence-electron chi connectivity index (χ3n) is 4.07. The van der Waals surface area contributed by atoms with Gasteiger partial charge in [0.2, 0.25) is 5.58 Å². The molecule has 5 nitrogen and oxygen atoms in total. The summed E-state index contributed by atoms with van der Waals surface area (Å²) in [6.45, 7) is 0.781. The van der Waals surface area contributed by atoms with Crippen LogP contribution in [-0.2, 0) is 6.54 Å². The van der Waals surface area contributed by atoms with Crippen LogP contribution in [0.2, 0.25) is 5.02 Å². The highest BCUT2D eigenvalue weighted by Crippen LogP contribution is 2.31. The minimum absolute atomic E-state index is 0.210. The maximum Gasteiger partial charge on any atom is 0.294 e. The molecule has 0 saturated carbocycles. The van der Waals surface area contributed by atoms with E-state index in [-0.39, 0.29) is 11.1 Å². The first-order chi connectivity index (χ1) is 12.4. The molecule has 4 aromatic rings. The molecule has 0 spiro atoms. The molecule has 0 saturated heterocycles. The molecule has 0 atom stereocenters. The minimum atomic E-state index is -0.328. The highest BCUT2D eigenvalue weighted by atomic mass is 79.9. The van der Waals surface area contributed by atoms with Crippen LogP contribution in [-0.4, -0.2) is 29.0 Å². The zero-order valence-electron chi connectivity index (χ0n) is 14.1. The Morgan fingerprint density at radius 3 is 2.77 bits per heavy atom. The summed E-state index contributed by atoms with van der Waals surface area (Å²) in [7, 11) is 3.99. The Hall–Kier alpha value is -2.15. The third-order valence-corrected chi connectivity index (χ3v) is 4.88. The lowest BCUT2D eigenvalue weighted by Gasteiger charge is -2.11. The van der Waals surface area contributed by atoms with Gasteiger partial charge < -0.3 is 14.3 Å². The number of hydrogen-bond donors (Lipinski definition) is 1. The van der Waals surface area contributed by atoms with E-state index in [2.05, 4.69) is 30.8 Å². The van der Waals surface area contributed by atoms with Crippen LogP contribution in [0.3, 0.4) is 0 Å². The Kier molecular flexibility index (Phi) is 4.34. The van der Waals surface area contributed by atoms with Crippen LogP contribution in [0.15, 0.2) is 50.1 Å². The van der Waals surface area contributed by atoms with E-state index in [4.69, 9.17) is 16.0 Å². The topological polar surface area (TPSA) is 62.1 Å².